The van der Waals surface area contributed by atoms with Gasteiger partial charge in [-0.3, -0.25) is 4.79 Å². The first kappa shape index (κ1) is 22.4. The van der Waals surface area contributed by atoms with Crippen LogP contribution in [-0.4, -0.2) is 17.2 Å². The van der Waals surface area contributed by atoms with Crippen LogP contribution in [0.15, 0.2) is 84.0 Å². The molecule has 0 spiro atoms. The first-order chi connectivity index (χ1) is 16.0. The molecule has 0 aliphatic carbocycles. The molecule has 0 aromatic heterocycles. The molecule has 0 aliphatic rings. The van der Waals surface area contributed by atoms with Crippen molar-refractivity contribution in [3.05, 3.63) is 106 Å². The monoisotopic (exact) mass is 458 g/mol. The third kappa shape index (κ3) is 5.33. The third-order valence-corrected chi connectivity index (χ3v) is 5.63. The van der Waals surface area contributed by atoms with Crippen LogP contribution in [0.3, 0.4) is 0 Å². The van der Waals surface area contributed by atoms with E-state index in [1.807, 2.05) is 36.4 Å². The van der Waals surface area contributed by atoms with E-state index in [4.69, 9.17) is 16.3 Å². The number of nitrogens with one attached hydrogen (secondary N) is 1. The number of halogens is 1. The Morgan fingerprint density at radius 1 is 1.00 bits per heavy atom. The molecular formula is C27H23ClN2O3. The molecule has 33 heavy (non-hydrogen) atoms. The minimum Gasteiger partial charge on any atom is -0.506 e. The molecule has 0 heterocycles. The third-order valence-electron chi connectivity index (χ3n) is 5.32. The molecule has 0 radical (unpaired) electrons. The highest BCUT2D eigenvalue weighted by atomic mass is 35.5. The summed E-state index contributed by atoms with van der Waals surface area (Å²) in [6, 6.07) is 24.4. The number of carbonyl (C=O) groups excluding carboxylic acids is 1. The maximum Gasteiger partial charge on any atom is 0.271 e. The van der Waals surface area contributed by atoms with Gasteiger partial charge in [-0.25, -0.2) is 5.43 Å². The molecule has 6 heteroatoms. The standard InChI is InChI=1S/C27H23ClN2O3/c1-2-18-7-9-19(10-8-18)17-33-26-14-12-21(22-5-3-4-6-23(22)26)16-29-30-27(32)20-11-13-25(31)24(28)15-20/h3-16,31H,2,17H2,1H3,(H,30,32)/b29-16+. The summed E-state index contributed by atoms with van der Waals surface area (Å²) in [6.07, 6.45) is 2.60. The smallest absolute Gasteiger partial charge is 0.271 e. The van der Waals surface area contributed by atoms with Gasteiger partial charge >= 0.3 is 0 Å². The lowest BCUT2D eigenvalue weighted by molar-refractivity contribution is 0.0955. The fourth-order valence-electron chi connectivity index (χ4n) is 3.44. The Morgan fingerprint density at radius 2 is 1.73 bits per heavy atom. The molecule has 4 aromatic rings. The highest BCUT2D eigenvalue weighted by molar-refractivity contribution is 6.32. The van der Waals surface area contributed by atoms with Crippen molar-refractivity contribution in [1.82, 2.24) is 5.43 Å². The average Bonchev–Trinajstić information content (AvgIpc) is 2.85. The van der Waals surface area contributed by atoms with Crippen LogP contribution < -0.4 is 10.2 Å². The molecule has 0 saturated heterocycles. The summed E-state index contributed by atoms with van der Waals surface area (Å²) in [5, 5.41) is 15.6. The summed E-state index contributed by atoms with van der Waals surface area (Å²) in [5.41, 5.74) is 6.04. The maximum atomic E-state index is 12.3. The van der Waals surface area contributed by atoms with Gasteiger partial charge in [-0.15, -0.1) is 0 Å². The second kappa shape index (κ2) is 10.2. The molecule has 0 saturated carbocycles. The number of phenols is 1. The van der Waals surface area contributed by atoms with Gasteiger partial charge in [0.05, 0.1) is 11.2 Å². The molecule has 0 bridgehead atoms. The molecular weight excluding hydrogens is 436 g/mol. The summed E-state index contributed by atoms with van der Waals surface area (Å²) < 4.78 is 6.11. The van der Waals surface area contributed by atoms with E-state index in [0.717, 1.165) is 34.1 Å². The molecule has 0 atom stereocenters. The predicted molar refractivity (Wildman–Crippen MR) is 132 cm³/mol. The quantitative estimate of drug-likeness (QED) is 0.259. The molecule has 5 nitrogen and oxygen atoms in total. The number of hydrogen-bond donors (Lipinski definition) is 2. The van der Waals surface area contributed by atoms with Crippen molar-refractivity contribution in [2.45, 2.75) is 20.0 Å². The predicted octanol–water partition coefficient (Wildman–Crippen LogP) is 6.10. The van der Waals surface area contributed by atoms with Crippen LogP contribution in [0.4, 0.5) is 0 Å². The van der Waals surface area contributed by atoms with E-state index >= 15 is 0 Å². The number of amides is 1. The zero-order valence-corrected chi connectivity index (χ0v) is 18.8. The minimum absolute atomic E-state index is 0.0801. The van der Waals surface area contributed by atoms with Crippen molar-refractivity contribution in [1.29, 1.82) is 0 Å². The topological polar surface area (TPSA) is 70.9 Å². The van der Waals surface area contributed by atoms with Gasteiger partial charge in [-0.05, 0) is 53.3 Å². The SMILES string of the molecule is CCc1ccc(COc2ccc(/C=N/NC(=O)c3ccc(O)c(Cl)c3)c3ccccc23)cc1. The zero-order chi connectivity index (χ0) is 23.2. The highest BCUT2D eigenvalue weighted by Crippen LogP contribution is 2.29. The summed E-state index contributed by atoms with van der Waals surface area (Å²) in [4.78, 5) is 12.3. The number of aryl methyl sites for hydroxylation is 1. The highest BCUT2D eigenvalue weighted by Gasteiger charge is 2.09. The second-order valence-corrected chi connectivity index (χ2v) is 7.93. The van der Waals surface area contributed by atoms with E-state index in [9.17, 15) is 9.90 Å². The largest absolute Gasteiger partial charge is 0.506 e. The summed E-state index contributed by atoms with van der Waals surface area (Å²) in [5.74, 6) is 0.278. The lowest BCUT2D eigenvalue weighted by Crippen LogP contribution is -2.17. The normalized spacial score (nSPS) is 11.1. The second-order valence-electron chi connectivity index (χ2n) is 7.52. The van der Waals surface area contributed by atoms with Gasteiger partial charge in [-0.2, -0.15) is 5.10 Å². The number of rotatable bonds is 7. The van der Waals surface area contributed by atoms with E-state index in [2.05, 4.69) is 41.7 Å². The molecule has 0 unspecified atom stereocenters. The molecule has 0 fully saturated rings. The molecule has 0 aliphatic heterocycles. The van der Waals surface area contributed by atoms with Gasteiger partial charge in [-0.1, -0.05) is 67.1 Å². The Kier molecular flexibility index (Phi) is 6.91. The fourth-order valence-corrected chi connectivity index (χ4v) is 3.62. The van der Waals surface area contributed by atoms with Crippen LogP contribution in [0, 0.1) is 0 Å². The van der Waals surface area contributed by atoms with Crippen molar-refractivity contribution in [2.75, 3.05) is 0 Å². The van der Waals surface area contributed by atoms with Crippen LogP contribution in [0.5, 0.6) is 11.5 Å². The Balaban J connectivity index is 1.49. The first-order valence-corrected chi connectivity index (χ1v) is 11.0. The Bertz CT molecular complexity index is 1320. The van der Waals surface area contributed by atoms with Crippen LogP contribution in [0.2, 0.25) is 5.02 Å². The average molecular weight is 459 g/mol. The van der Waals surface area contributed by atoms with Crippen molar-refractivity contribution >= 4 is 34.5 Å². The van der Waals surface area contributed by atoms with Crippen molar-refractivity contribution < 1.29 is 14.6 Å². The lowest BCUT2D eigenvalue weighted by Gasteiger charge is -2.11. The van der Waals surface area contributed by atoms with Gasteiger partial charge in [0.1, 0.15) is 18.1 Å². The van der Waals surface area contributed by atoms with E-state index in [1.165, 1.54) is 23.8 Å². The van der Waals surface area contributed by atoms with Crippen molar-refractivity contribution in [2.24, 2.45) is 5.10 Å². The van der Waals surface area contributed by atoms with Crippen LogP contribution in [0.25, 0.3) is 10.8 Å². The van der Waals surface area contributed by atoms with Gasteiger partial charge in [0, 0.05) is 16.5 Å². The Labute approximate surface area is 197 Å². The Morgan fingerprint density at radius 3 is 2.45 bits per heavy atom. The molecule has 4 rings (SSSR count). The number of carbonyl (C=O) groups is 1. The molecule has 1 amide bonds. The first-order valence-electron chi connectivity index (χ1n) is 10.6. The zero-order valence-electron chi connectivity index (χ0n) is 18.1. The minimum atomic E-state index is -0.425. The van der Waals surface area contributed by atoms with Crippen LogP contribution in [-0.2, 0) is 13.0 Å². The summed E-state index contributed by atoms with van der Waals surface area (Å²) in [7, 11) is 0. The fraction of sp³-hybridized carbons (Fsp3) is 0.111. The van der Waals surface area contributed by atoms with Crippen LogP contribution >= 0.6 is 11.6 Å². The molecule has 4 aromatic carbocycles. The van der Waals surface area contributed by atoms with Gasteiger partial charge in [0.2, 0.25) is 0 Å². The number of ether oxygens (including phenoxy) is 1. The van der Waals surface area contributed by atoms with Crippen molar-refractivity contribution in [3.63, 3.8) is 0 Å². The Hall–Kier alpha value is -3.83. The molecule has 2 N–H and O–H groups in total. The number of hydrogen-bond acceptors (Lipinski definition) is 4. The lowest BCUT2D eigenvalue weighted by atomic mass is 10.0. The molecule has 166 valence electrons. The number of aromatic hydroxyl groups is 1. The number of nitrogens with zero attached hydrogens (tertiary/aromatic N) is 1. The van der Waals surface area contributed by atoms with Gasteiger partial charge in [0.25, 0.3) is 5.91 Å². The van der Waals surface area contributed by atoms with Gasteiger partial charge < -0.3 is 9.84 Å². The van der Waals surface area contributed by atoms with E-state index in [-0.39, 0.29) is 10.8 Å². The summed E-state index contributed by atoms with van der Waals surface area (Å²) >= 11 is 5.87. The van der Waals surface area contributed by atoms with Crippen molar-refractivity contribution in [3.8, 4) is 11.5 Å². The number of fused-ring (bicyclic) bond motifs is 1. The summed E-state index contributed by atoms with van der Waals surface area (Å²) in [6.45, 7) is 2.61. The maximum absolute atomic E-state index is 12.3. The van der Waals surface area contributed by atoms with E-state index in [1.54, 1.807) is 6.21 Å². The number of phenolic OH excluding ortho intramolecular Hbond substituents is 1. The number of hydrazone groups is 1. The van der Waals surface area contributed by atoms with E-state index in [0.29, 0.717) is 12.2 Å². The number of benzene rings is 4. The van der Waals surface area contributed by atoms with Crippen LogP contribution in [0.1, 0.15) is 34.0 Å². The van der Waals surface area contributed by atoms with Gasteiger partial charge in [0.15, 0.2) is 0 Å². The van der Waals surface area contributed by atoms with E-state index < -0.39 is 5.91 Å².